The van der Waals surface area contributed by atoms with Crippen LogP contribution in [-0.4, -0.2) is 28.7 Å². The van der Waals surface area contributed by atoms with Gasteiger partial charge in [0.05, 0.1) is 5.56 Å². The Bertz CT molecular complexity index is 1280. The predicted octanol–water partition coefficient (Wildman–Crippen LogP) is 5.07. The third-order valence-electron chi connectivity index (χ3n) is 5.17. The van der Waals surface area contributed by atoms with Gasteiger partial charge in [0.1, 0.15) is 0 Å². The van der Waals surface area contributed by atoms with Crippen LogP contribution in [-0.2, 0) is 16.0 Å². The third kappa shape index (κ3) is 5.15. The van der Waals surface area contributed by atoms with Gasteiger partial charge in [-0.05, 0) is 60.9 Å². The molecular weight excluding hydrogens is 418 g/mol. The normalized spacial score (nSPS) is 10.6. The second-order valence-corrected chi connectivity index (χ2v) is 7.44. The van der Waals surface area contributed by atoms with Gasteiger partial charge in [-0.3, -0.25) is 4.79 Å². The number of hydrogen-bond donors (Lipinski definition) is 1. The van der Waals surface area contributed by atoms with E-state index in [1.807, 2.05) is 62.4 Å². The van der Waals surface area contributed by atoms with Gasteiger partial charge in [0.25, 0.3) is 5.91 Å². The van der Waals surface area contributed by atoms with Gasteiger partial charge in [0.15, 0.2) is 6.61 Å². The molecule has 1 aromatic heterocycles. The molecule has 0 atom stereocenters. The van der Waals surface area contributed by atoms with E-state index < -0.39 is 11.9 Å². The minimum Gasteiger partial charge on any atom is -0.452 e. The average Bonchev–Trinajstić information content (AvgIpc) is 3.33. The number of esters is 1. The lowest BCUT2D eigenvalue weighted by molar-refractivity contribution is -0.119. The van der Waals surface area contributed by atoms with Gasteiger partial charge in [0, 0.05) is 16.8 Å². The maximum absolute atomic E-state index is 12.3. The van der Waals surface area contributed by atoms with Gasteiger partial charge in [0.2, 0.25) is 11.8 Å². The molecule has 1 heterocycles. The van der Waals surface area contributed by atoms with Crippen molar-refractivity contribution in [3.63, 3.8) is 0 Å². The van der Waals surface area contributed by atoms with Crippen molar-refractivity contribution in [2.75, 3.05) is 11.9 Å². The van der Waals surface area contributed by atoms with E-state index in [4.69, 9.17) is 9.15 Å². The standard InChI is InChI=1S/C26H23N3O4/c1-3-18-9-5-7-11-22(18)27-23(30)16-32-26(31)20-14-12-19(13-15-20)24-28-29-25(33-24)21-10-6-4-8-17(21)2/h4-15H,3,16H2,1-2H3,(H,27,30). The molecule has 0 aliphatic rings. The highest BCUT2D eigenvalue weighted by Gasteiger charge is 2.15. The molecule has 4 rings (SSSR count). The van der Waals surface area contributed by atoms with E-state index in [1.165, 1.54) is 0 Å². The molecule has 1 amide bonds. The summed E-state index contributed by atoms with van der Waals surface area (Å²) in [6.07, 6.45) is 0.787. The summed E-state index contributed by atoms with van der Waals surface area (Å²) in [6, 6.07) is 21.9. The number of aromatic nitrogens is 2. The summed E-state index contributed by atoms with van der Waals surface area (Å²) in [5, 5.41) is 11.0. The molecule has 0 spiro atoms. The first kappa shape index (κ1) is 22.0. The van der Waals surface area contributed by atoms with Crippen LogP contribution in [0.1, 0.15) is 28.4 Å². The zero-order chi connectivity index (χ0) is 23.2. The Hall–Kier alpha value is -4.26. The maximum Gasteiger partial charge on any atom is 0.338 e. The van der Waals surface area contributed by atoms with Crippen LogP contribution >= 0.6 is 0 Å². The molecule has 33 heavy (non-hydrogen) atoms. The largest absolute Gasteiger partial charge is 0.452 e. The average molecular weight is 441 g/mol. The molecule has 0 unspecified atom stereocenters. The van der Waals surface area contributed by atoms with Gasteiger partial charge in [-0.2, -0.15) is 0 Å². The molecule has 3 aromatic carbocycles. The first-order chi connectivity index (χ1) is 16.0. The fourth-order valence-corrected chi connectivity index (χ4v) is 3.36. The molecule has 166 valence electrons. The summed E-state index contributed by atoms with van der Waals surface area (Å²) in [7, 11) is 0. The monoisotopic (exact) mass is 441 g/mol. The fraction of sp³-hybridized carbons (Fsp3) is 0.154. The summed E-state index contributed by atoms with van der Waals surface area (Å²) >= 11 is 0. The topological polar surface area (TPSA) is 94.3 Å². The number of aryl methyl sites for hydroxylation is 2. The van der Waals surface area contributed by atoms with Crippen LogP contribution in [0.3, 0.4) is 0 Å². The van der Waals surface area contributed by atoms with Crippen molar-refractivity contribution in [3.05, 3.63) is 89.5 Å². The molecule has 0 radical (unpaired) electrons. The number of carbonyl (C=O) groups is 2. The Morgan fingerprint density at radius 1 is 0.909 bits per heavy atom. The highest BCUT2D eigenvalue weighted by Crippen LogP contribution is 2.26. The predicted molar refractivity (Wildman–Crippen MR) is 125 cm³/mol. The summed E-state index contributed by atoms with van der Waals surface area (Å²) in [5.74, 6) is -0.202. The number of benzene rings is 3. The summed E-state index contributed by atoms with van der Waals surface area (Å²) in [6.45, 7) is 3.61. The Morgan fingerprint density at radius 2 is 1.61 bits per heavy atom. The SMILES string of the molecule is CCc1ccccc1NC(=O)COC(=O)c1ccc(-c2nnc(-c3ccccc3C)o2)cc1. The van der Waals surface area contributed by atoms with Crippen LogP contribution in [0.25, 0.3) is 22.9 Å². The molecule has 0 saturated carbocycles. The maximum atomic E-state index is 12.3. The van der Waals surface area contributed by atoms with E-state index in [0.29, 0.717) is 22.9 Å². The van der Waals surface area contributed by atoms with Crippen LogP contribution < -0.4 is 5.32 Å². The number of amides is 1. The van der Waals surface area contributed by atoms with Crippen LogP contribution in [0.15, 0.2) is 77.2 Å². The van der Waals surface area contributed by atoms with E-state index in [0.717, 1.165) is 28.8 Å². The lowest BCUT2D eigenvalue weighted by Gasteiger charge is -2.10. The number of hydrogen-bond acceptors (Lipinski definition) is 6. The van der Waals surface area contributed by atoms with Crippen molar-refractivity contribution >= 4 is 17.6 Å². The number of nitrogens with one attached hydrogen (secondary N) is 1. The molecule has 0 aliphatic carbocycles. The van der Waals surface area contributed by atoms with E-state index >= 15 is 0 Å². The number of ether oxygens (including phenoxy) is 1. The van der Waals surface area contributed by atoms with Crippen LogP contribution in [0.4, 0.5) is 5.69 Å². The Balaban J connectivity index is 1.37. The third-order valence-corrected chi connectivity index (χ3v) is 5.17. The first-order valence-electron chi connectivity index (χ1n) is 10.6. The summed E-state index contributed by atoms with van der Waals surface area (Å²) in [4.78, 5) is 24.5. The Morgan fingerprint density at radius 3 is 2.36 bits per heavy atom. The molecular formula is C26H23N3O4. The first-order valence-corrected chi connectivity index (χ1v) is 10.6. The van der Waals surface area contributed by atoms with Crippen molar-refractivity contribution < 1.29 is 18.7 Å². The number of anilines is 1. The van der Waals surface area contributed by atoms with Gasteiger partial charge < -0.3 is 14.5 Å². The molecule has 0 fully saturated rings. The van der Waals surface area contributed by atoms with E-state index in [-0.39, 0.29) is 6.61 Å². The number of rotatable bonds is 7. The van der Waals surface area contributed by atoms with Crippen molar-refractivity contribution in [1.29, 1.82) is 0 Å². The zero-order valence-corrected chi connectivity index (χ0v) is 18.4. The van der Waals surface area contributed by atoms with Gasteiger partial charge in [-0.25, -0.2) is 4.79 Å². The molecule has 1 N–H and O–H groups in total. The quantitative estimate of drug-likeness (QED) is 0.403. The van der Waals surface area contributed by atoms with Gasteiger partial charge >= 0.3 is 5.97 Å². The molecule has 4 aromatic rings. The Kier molecular flexibility index (Phi) is 6.59. The van der Waals surface area contributed by atoms with E-state index in [2.05, 4.69) is 15.5 Å². The number of nitrogens with zero attached hydrogens (tertiary/aromatic N) is 2. The minimum absolute atomic E-state index is 0.319. The number of carbonyl (C=O) groups excluding carboxylic acids is 2. The van der Waals surface area contributed by atoms with Crippen molar-refractivity contribution in [3.8, 4) is 22.9 Å². The van der Waals surface area contributed by atoms with Crippen molar-refractivity contribution in [2.24, 2.45) is 0 Å². The van der Waals surface area contributed by atoms with Crippen molar-refractivity contribution in [1.82, 2.24) is 10.2 Å². The molecule has 0 saturated heterocycles. The molecule has 7 heteroatoms. The lowest BCUT2D eigenvalue weighted by atomic mass is 10.1. The second kappa shape index (κ2) is 9.91. The highest BCUT2D eigenvalue weighted by atomic mass is 16.5. The van der Waals surface area contributed by atoms with Gasteiger partial charge in [-0.1, -0.05) is 43.3 Å². The number of para-hydroxylation sites is 1. The summed E-state index contributed by atoms with van der Waals surface area (Å²) < 4.78 is 11.0. The fourth-order valence-electron chi connectivity index (χ4n) is 3.36. The highest BCUT2D eigenvalue weighted by molar-refractivity contribution is 5.96. The second-order valence-electron chi connectivity index (χ2n) is 7.44. The minimum atomic E-state index is -0.591. The molecule has 7 nitrogen and oxygen atoms in total. The Labute approximate surface area is 191 Å². The van der Waals surface area contributed by atoms with Crippen LogP contribution in [0.2, 0.25) is 0 Å². The van der Waals surface area contributed by atoms with Crippen LogP contribution in [0.5, 0.6) is 0 Å². The smallest absolute Gasteiger partial charge is 0.338 e. The van der Waals surface area contributed by atoms with Crippen LogP contribution in [0, 0.1) is 6.92 Å². The van der Waals surface area contributed by atoms with E-state index in [1.54, 1.807) is 24.3 Å². The zero-order valence-electron chi connectivity index (χ0n) is 18.4. The molecule has 0 bridgehead atoms. The van der Waals surface area contributed by atoms with Crippen molar-refractivity contribution in [2.45, 2.75) is 20.3 Å². The van der Waals surface area contributed by atoms with Gasteiger partial charge in [-0.15, -0.1) is 10.2 Å². The summed E-state index contributed by atoms with van der Waals surface area (Å²) in [5.41, 5.74) is 4.63. The van der Waals surface area contributed by atoms with E-state index in [9.17, 15) is 9.59 Å². The lowest BCUT2D eigenvalue weighted by Crippen LogP contribution is -2.21. The molecule has 0 aliphatic heterocycles.